The molecule has 1 aliphatic carbocycles. The Morgan fingerprint density at radius 1 is 0.812 bits per heavy atom. The van der Waals surface area contributed by atoms with Crippen molar-refractivity contribution in [2.24, 2.45) is 0 Å². The highest BCUT2D eigenvalue weighted by Crippen LogP contribution is 2.30. The highest BCUT2D eigenvalue weighted by Gasteiger charge is 2.20. The van der Waals surface area contributed by atoms with Crippen LogP contribution in [0.5, 0.6) is 5.75 Å². The molecule has 1 saturated carbocycles. The van der Waals surface area contributed by atoms with E-state index in [4.69, 9.17) is 9.72 Å². The molecule has 0 radical (unpaired) electrons. The van der Waals surface area contributed by atoms with Gasteiger partial charge in [0, 0.05) is 12.2 Å². The molecular weight excluding hydrogens is 394 g/mol. The van der Waals surface area contributed by atoms with E-state index in [1.807, 2.05) is 24.3 Å². The third-order valence-corrected chi connectivity index (χ3v) is 6.36. The number of aryl methyl sites for hydroxylation is 2. The summed E-state index contributed by atoms with van der Waals surface area (Å²) < 4.78 is 8.41. The summed E-state index contributed by atoms with van der Waals surface area (Å²) in [6.45, 7) is 0.540. The van der Waals surface area contributed by atoms with Gasteiger partial charge in [-0.05, 0) is 48.9 Å². The number of pyridine rings is 1. The largest absolute Gasteiger partial charge is 0.485 e. The standard InChI is InChI=1S/C28H31N3O/c1-4-11-22(12-5-1)18-19-25-27(29-24-15-8-3-9-16-24)31-20-10-17-26(28(31)30-25)32-21-23-13-6-2-7-14-23/h1-2,4-7,10-14,17,20,24,29H,3,8-9,15-16,18-19,21H2. The van der Waals surface area contributed by atoms with Crippen molar-refractivity contribution in [3.8, 4) is 5.75 Å². The minimum absolute atomic E-state index is 0.521. The zero-order valence-corrected chi connectivity index (χ0v) is 18.5. The van der Waals surface area contributed by atoms with Gasteiger partial charge in [0.1, 0.15) is 12.4 Å². The number of imidazole rings is 1. The number of hydrogen-bond acceptors (Lipinski definition) is 3. The summed E-state index contributed by atoms with van der Waals surface area (Å²) in [6, 6.07) is 25.6. The molecule has 0 amide bonds. The Hall–Kier alpha value is -3.27. The third kappa shape index (κ3) is 4.80. The molecule has 0 unspecified atom stereocenters. The zero-order valence-electron chi connectivity index (χ0n) is 18.5. The summed E-state index contributed by atoms with van der Waals surface area (Å²) in [5.74, 6) is 1.96. The predicted octanol–water partition coefficient (Wildman–Crippen LogP) is 6.44. The fourth-order valence-corrected chi connectivity index (χ4v) is 4.61. The van der Waals surface area contributed by atoms with Gasteiger partial charge < -0.3 is 10.1 Å². The molecule has 5 rings (SSSR count). The Balaban J connectivity index is 1.44. The Morgan fingerprint density at radius 2 is 1.53 bits per heavy atom. The molecule has 1 aliphatic rings. The van der Waals surface area contributed by atoms with Crippen LogP contribution in [-0.4, -0.2) is 15.4 Å². The number of nitrogens with zero attached hydrogens (tertiary/aromatic N) is 2. The molecule has 164 valence electrons. The SMILES string of the molecule is c1ccc(CCc2nc3c(OCc4ccccc4)cccn3c2NC2CCCCC2)cc1. The first kappa shape index (κ1) is 20.6. The van der Waals surface area contributed by atoms with Gasteiger partial charge in [0.2, 0.25) is 0 Å². The number of ether oxygens (including phenoxy) is 1. The van der Waals surface area contributed by atoms with Crippen LogP contribution in [0.3, 0.4) is 0 Å². The maximum atomic E-state index is 6.22. The second kappa shape index (κ2) is 9.90. The first-order valence-corrected chi connectivity index (χ1v) is 11.8. The minimum atomic E-state index is 0.521. The lowest BCUT2D eigenvalue weighted by Crippen LogP contribution is -2.23. The summed E-state index contributed by atoms with van der Waals surface area (Å²) in [4.78, 5) is 5.08. The van der Waals surface area contributed by atoms with E-state index in [1.54, 1.807) is 0 Å². The van der Waals surface area contributed by atoms with Gasteiger partial charge >= 0.3 is 0 Å². The lowest BCUT2D eigenvalue weighted by atomic mass is 9.95. The monoisotopic (exact) mass is 425 g/mol. The summed E-state index contributed by atoms with van der Waals surface area (Å²) in [5.41, 5.74) is 4.51. The Kier molecular flexibility index (Phi) is 6.38. The summed E-state index contributed by atoms with van der Waals surface area (Å²) in [5, 5.41) is 3.85. The van der Waals surface area contributed by atoms with E-state index >= 15 is 0 Å². The molecule has 0 bridgehead atoms. The van der Waals surface area contributed by atoms with E-state index in [1.165, 1.54) is 37.7 Å². The van der Waals surface area contributed by atoms with Gasteiger partial charge in [-0.1, -0.05) is 79.9 Å². The van der Waals surface area contributed by atoms with Gasteiger partial charge in [0.15, 0.2) is 11.4 Å². The number of rotatable bonds is 8. The molecule has 4 aromatic rings. The number of hydrogen-bond donors (Lipinski definition) is 1. The van der Waals surface area contributed by atoms with Crippen molar-refractivity contribution >= 4 is 11.5 Å². The molecular formula is C28H31N3O. The van der Waals surface area contributed by atoms with Crippen LogP contribution in [-0.2, 0) is 19.4 Å². The lowest BCUT2D eigenvalue weighted by Gasteiger charge is -2.24. The summed E-state index contributed by atoms with van der Waals surface area (Å²) >= 11 is 0. The van der Waals surface area contributed by atoms with Crippen molar-refractivity contribution in [3.63, 3.8) is 0 Å². The van der Waals surface area contributed by atoms with Crippen LogP contribution in [0.4, 0.5) is 5.82 Å². The zero-order chi connectivity index (χ0) is 21.6. The Morgan fingerprint density at radius 3 is 2.28 bits per heavy atom. The van der Waals surface area contributed by atoms with Crippen LogP contribution in [0.25, 0.3) is 5.65 Å². The highest BCUT2D eigenvalue weighted by molar-refractivity contribution is 5.63. The predicted molar refractivity (Wildman–Crippen MR) is 130 cm³/mol. The normalized spacial score (nSPS) is 14.5. The maximum absolute atomic E-state index is 6.22. The van der Waals surface area contributed by atoms with Gasteiger partial charge in [-0.3, -0.25) is 4.40 Å². The van der Waals surface area contributed by atoms with E-state index in [0.29, 0.717) is 12.6 Å². The number of aromatic nitrogens is 2. The quantitative estimate of drug-likeness (QED) is 0.353. The van der Waals surface area contributed by atoms with Crippen LogP contribution < -0.4 is 10.1 Å². The van der Waals surface area contributed by atoms with E-state index in [0.717, 1.165) is 41.3 Å². The van der Waals surface area contributed by atoms with Gasteiger partial charge in [-0.25, -0.2) is 4.98 Å². The van der Waals surface area contributed by atoms with Crippen molar-refractivity contribution in [1.29, 1.82) is 0 Å². The number of benzene rings is 2. The molecule has 4 heteroatoms. The molecule has 32 heavy (non-hydrogen) atoms. The van der Waals surface area contributed by atoms with Crippen molar-refractivity contribution in [3.05, 3.63) is 95.8 Å². The Bertz CT molecular complexity index is 1130. The summed E-state index contributed by atoms with van der Waals surface area (Å²) in [6.07, 6.45) is 10.4. The first-order valence-electron chi connectivity index (χ1n) is 11.8. The van der Waals surface area contributed by atoms with Crippen molar-refractivity contribution in [2.75, 3.05) is 5.32 Å². The van der Waals surface area contributed by atoms with Crippen LogP contribution in [0.15, 0.2) is 79.0 Å². The fourth-order valence-electron chi connectivity index (χ4n) is 4.61. The maximum Gasteiger partial charge on any atom is 0.181 e. The number of fused-ring (bicyclic) bond motifs is 1. The molecule has 0 spiro atoms. The van der Waals surface area contributed by atoms with Crippen LogP contribution in [0.1, 0.15) is 48.9 Å². The molecule has 0 saturated heterocycles. The van der Waals surface area contributed by atoms with Crippen LogP contribution >= 0.6 is 0 Å². The van der Waals surface area contributed by atoms with Crippen molar-refractivity contribution in [2.45, 2.75) is 57.6 Å². The molecule has 1 N–H and O–H groups in total. The van der Waals surface area contributed by atoms with Gasteiger partial charge in [0.25, 0.3) is 0 Å². The van der Waals surface area contributed by atoms with Gasteiger partial charge in [0.05, 0.1) is 5.69 Å². The smallest absolute Gasteiger partial charge is 0.181 e. The highest BCUT2D eigenvalue weighted by atomic mass is 16.5. The van der Waals surface area contributed by atoms with Crippen LogP contribution in [0, 0.1) is 0 Å². The van der Waals surface area contributed by atoms with E-state index in [-0.39, 0.29) is 0 Å². The molecule has 0 aliphatic heterocycles. The second-order valence-corrected chi connectivity index (χ2v) is 8.71. The topological polar surface area (TPSA) is 38.6 Å². The molecule has 2 aromatic carbocycles. The van der Waals surface area contributed by atoms with E-state index in [9.17, 15) is 0 Å². The average molecular weight is 426 g/mol. The third-order valence-electron chi connectivity index (χ3n) is 6.36. The van der Waals surface area contributed by atoms with Gasteiger partial charge in [-0.2, -0.15) is 0 Å². The Labute approximate surface area is 190 Å². The number of anilines is 1. The minimum Gasteiger partial charge on any atom is -0.485 e. The van der Waals surface area contributed by atoms with E-state index < -0.39 is 0 Å². The fraction of sp³-hybridized carbons (Fsp3) is 0.321. The number of nitrogens with one attached hydrogen (secondary N) is 1. The summed E-state index contributed by atoms with van der Waals surface area (Å²) in [7, 11) is 0. The molecule has 2 aromatic heterocycles. The first-order chi connectivity index (χ1) is 15.9. The lowest BCUT2D eigenvalue weighted by molar-refractivity contribution is 0.308. The molecule has 4 nitrogen and oxygen atoms in total. The second-order valence-electron chi connectivity index (χ2n) is 8.71. The molecule has 0 atom stereocenters. The molecule has 1 fully saturated rings. The van der Waals surface area contributed by atoms with Crippen molar-refractivity contribution < 1.29 is 4.74 Å². The molecule has 2 heterocycles. The van der Waals surface area contributed by atoms with Gasteiger partial charge in [-0.15, -0.1) is 0 Å². The van der Waals surface area contributed by atoms with E-state index in [2.05, 4.69) is 64.4 Å². The van der Waals surface area contributed by atoms with Crippen molar-refractivity contribution in [1.82, 2.24) is 9.38 Å². The van der Waals surface area contributed by atoms with Crippen LogP contribution in [0.2, 0.25) is 0 Å². The average Bonchev–Trinajstić information content (AvgIpc) is 3.21.